The molecule has 1 aromatic heterocycles. The summed E-state index contributed by atoms with van der Waals surface area (Å²) in [6.07, 6.45) is 3.60. The summed E-state index contributed by atoms with van der Waals surface area (Å²) in [7, 11) is 0. The first-order valence-electron chi connectivity index (χ1n) is 7.75. The number of carbonyl (C=O) groups excluding carboxylic acids is 1. The average molecular weight is 379 g/mol. The van der Waals surface area contributed by atoms with Crippen molar-refractivity contribution < 1.29 is 9.90 Å². The number of primary amides is 1. The number of para-hydroxylation sites is 2. The third-order valence-electron chi connectivity index (χ3n) is 4.07. The molecule has 3 aromatic rings. The summed E-state index contributed by atoms with van der Waals surface area (Å²) in [5.41, 5.74) is 8.98. The Balaban J connectivity index is 1.86. The molecule has 0 atom stereocenters. The van der Waals surface area contributed by atoms with E-state index in [0.717, 1.165) is 16.8 Å². The summed E-state index contributed by atoms with van der Waals surface area (Å²) in [5.74, 6) is -0.608. The van der Waals surface area contributed by atoms with Gasteiger partial charge >= 0.3 is 0 Å². The number of rotatable bonds is 3. The van der Waals surface area contributed by atoms with E-state index in [9.17, 15) is 9.90 Å². The van der Waals surface area contributed by atoms with E-state index in [-0.39, 0.29) is 5.88 Å². The average Bonchev–Trinajstić information content (AvgIpc) is 3.16. The minimum Gasteiger partial charge on any atom is -0.493 e. The van der Waals surface area contributed by atoms with Crippen molar-refractivity contribution in [2.24, 2.45) is 10.7 Å². The summed E-state index contributed by atoms with van der Waals surface area (Å²) >= 11 is 6.67. The van der Waals surface area contributed by atoms with Gasteiger partial charge in [0.15, 0.2) is 3.95 Å². The van der Waals surface area contributed by atoms with E-state index in [1.807, 2.05) is 30.3 Å². The fourth-order valence-corrected chi connectivity index (χ4v) is 4.15. The first kappa shape index (κ1) is 16.4. The molecule has 1 aliphatic rings. The normalized spacial score (nSPS) is 13.9. The number of hydrogen-bond donors (Lipinski definition) is 2. The Hall–Kier alpha value is -3.03. The first-order valence-corrected chi connectivity index (χ1v) is 8.98. The van der Waals surface area contributed by atoms with Crippen LogP contribution >= 0.6 is 23.6 Å². The molecule has 26 heavy (non-hydrogen) atoms. The molecule has 0 saturated carbocycles. The number of amides is 1. The molecule has 5 nitrogen and oxygen atoms in total. The number of nitrogens with two attached hydrogens (primary N) is 1. The van der Waals surface area contributed by atoms with Crippen molar-refractivity contribution in [3.8, 4) is 11.6 Å². The Labute approximate surface area is 158 Å². The Bertz CT molecular complexity index is 1160. The standard InChI is InChI=1S/C19H13N3O2S2/c20-17(23)13-6-2-4-8-15(13)22-18(24)16(26-19(22)25)9-11-10-21-14-7-3-1-5-12(11)14/h1-10,24H,(H2,20,23)/b11-9+. The van der Waals surface area contributed by atoms with E-state index in [1.54, 1.807) is 30.5 Å². The second-order valence-electron chi connectivity index (χ2n) is 5.65. The topological polar surface area (TPSA) is 80.6 Å². The quantitative estimate of drug-likeness (QED) is 0.665. The van der Waals surface area contributed by atoms with Crippen LogP contribution in [-0.4, -0.2) is 21.8 Å². The van der Waals surface area contributed by atoms with E-state index in [2.05, 4.69) is 4.99 Å². The van der Waals surface area contributed by atoms with Crippen LogP contribution in [0, 0.1) is 3.95 Å². The fraction of sp³-hybridized carbons (Fsp3) is 0. The predicted octanol–water partition coefficient (Wildman–Crippen LogP) is 4.33. The number of benzene rings is 2. The lowest BCUT2D eigenvalue weighted by atomic mass is 10.1. The van der Waals surface area contributed by atoms with Gasteiger partial charge in [-0.15, -0.1) is 11.3 Å². The van der Waals surface area contributed by atoms with Gasteiger partial charge in [0.1, 0.15) is 0 Å². The lowest BCUT2D eigenvalue weighted by Crippen LogP contribution is -2.14. The van der Waals surface area contributed by atoms with Crippen LogP contribution in [0.5, 0.6) is 5.88 Å². The molecular formula is C19H13N3O2S2. The zero-order valence-electron chi connectivity index (χ0n) is 13.4. The van der Waals surface area contributed by atoms with Crippen LogP contribution in [0.15, 0.2) is 53.5 Å². The molecule has 2 aromatic carbocycles. The van der Waals surface area contributed by atoms with Gasteiger partial charge in [0.05, 0.1) is 21.8 Å². The van der Waals surface area contributed by atoms with Gasteiger partial charge in [-0.3, -0.25) is 14.4 Å². The number of aromatic hydroxyl groups is 1. The second-order valence-corrected chi connectivity index (χ2v) is 7.32. The molecule has 0 spiro atoms. The molecule has 0 unspecified atom stereocenters. The Morgan fingerprint density at radius 1 is 1.19 bits per heavy atom. The van der Waals surface area contributed by atoms with Crippen LogP contribution < -0.4 is 5.73 Å². The highest BCUT2D eigenvalue weighted by Gasteiger charge is 2.18. The zero-order chi connectivity index (χ0) is 18.3. The first-order chi connectivity index (χ1) is 12.6. The van der Waals surface area contributed by atoms with E-state index in [4.69, 9.17) is 18.0 Å². The summed E-state index contributed by atoms with van der Waals surface area (Å²) < 4.78 is 1.89. The molecule has 3 N–H and O–H groups in total. The molecule has 7 heteroatoms. The maximum Gasteiger partial charge on any atom is 0.250 e. The van der Waals surface area contributed by atoms with Crippen molar-refractivity contribution >= 4 is 53.0 Å². The van der Waals surface area contributed by atoms with Gasteiger partial charge in [0, 0.05) is 17.4 Å². The predicted molar refractivity (Wildman–Crippen MR) is 107 cm³/mol. The van der Waals surface area contributed by atoms with Crippen molar-refractivity contribution in [3.05, 3.63) is 68.5 Å². The number of fused-ring (bicyclic) bond motifs is 1. The molecule has 2 heterocycles. The number of aromatic nitrogens is 1. The van der Waals surface area contributed by atoms with Crippen LogP contribution in [0.2, 0.25) is 0 Å². The van der Waals surface area contributed by atoms with Gasteiger partial charge in [-0.2, -0.15) is 0 Å². The largest absolute Gasteiger partial charge is 0.493 e. The van der Waals surface area contributed by atoms with Gasteiger partial charge in [0.25, 0.3) is 5.91 Å². The van der Waals surface area contributed by atoms with E-state index < -0.39 is 5.91 Å². The monoisotopic (exact) mass is 379 g/mol. The Morgan fingerprint density at radius 3 is 2.73 bits per heavy atom. The molecule has 1 amide bonds. The van der Waals surface area contributed by atoms with Crippen molar-refractivity contribution in [3.63, 3.8) is 0 Å². The molecule has 1 aliphatic heterocycles. The summed E-state index contributed by atoms with van der Waals surface area (Å²) in [4.78, 5) is 16.7. The lowest BCUT2D eigenvalue weighted by molar-refractivity contribution is 0.100. The van der Waals surface area contributed by atoms with E-state index in [0.29, 0.717) is 20.1 Å². The maximum atomic E-state index is 11.7. The summed E-state index contributed by atoms with van der Waals surface area (Å²) in [6.45, 7) is 0. The summed E-state index contributed by atoms with van der Waals surface area (Å²) in [6, 6.07) is 14.6. The van der Waals surface area contributed by atoms with E-state index >= 15 is 0 Å². The molecule has 0 fully saturated rings. The van der Waals surface area contributed by atoms with E-state index in [1.165, 1.54) is 15.9 Å². The second kappa shape index (κ2) is 6.36. The van der Waals surface area contributed by atoms with Crippen LogP contribution in [0.3, 0.4) is 0 Å². The third-order valence-corrected chi connectivity index (χ3v) is 5.38. The maximum absolute atomic E-state index is 11.7. The zero-order valence-corrected chi connectivity index (χ0v) is 15.1. The highest BCUT2D eigenvalue weighted by atomic mass is 32.1. The van der Waals surface area contributed by atoms with Crippen LogP contribution in [0.25, 0.3) is 17.3 Å². The van der Waals surface area contributed by atoms with Crippen LogP contribution in [0.1, 0.15) is 20.8 Å². The minimum absolute atomic E-state index is 0.0287. The third kappa shape index (κ3) is 2.67. The summed E-state index contributed by atoms with van der Waals surface area (Å²) in [5, 5.41) is 10.7. The number of aliphatic imine (C=N–C) groups is 1. The number of thiazole rings is 1. The van der Waals surface area contributed by atoms with Crippen molar-refractivity contribution in [2.75, 3.05) is 0 Å². The fourth-order valence-electron chi connectivity index (χ4n) is 2.86. The van der Waals surface area contributed by atoms with Gasteiger partial charge in [-0.25, -0.2) is 0 Å². The molecule has 0 saturated heterocycles. The molecule has 0 bridgehead atoms. The molecule has 128 valence electrons. The molecular weight excluding hydrogens is 366 g/mol. The number of allylic oxidation sites excluding steroid dienone is 1. The van der Waals surface area contributed by atoms with Gasteiger partial charge in [-0.05, 0) is 36.5 Å². The Morgan fingerprint density at radius 2 is 1.92 bits per heavy atom. The van der Waals surface area contributed by atoms with Gasteiger partial charge in [-0.1, -0.05) is 30.3 Å². The SMILES string of the molecule is NC(=O)c1ccccc1-n1c(O)c(/C=C2\C=Nc3ccccc32)sc1=S. The molecule has 4 rings (SSSR count). The number of nitrogens with zero attached hydrogens (tertiary/aromatic N) is 2. The lowest BCUT2D eigenvalue weighted by Gasteiger charge is -2.08. The van der Waals surface area contributed by atoms with Crippen molar-refractivity contribution in [1.29, 1.82) is 0 Å². The van der Waals surface area contributed by atoms with Crippen LogP contribution in [0.4, 0.5) is 5.69 Å². The van der Waals surface area contributed by atoms with Gasteiger partial charge in [0.2, 0.25) is 5.88 Å². The van der Waals surface area contributed by atoms with Crippen molar-refractivity contribution in [2.45, 2.75) is 0 Å². The Kier molecular flexibility index (Phi) is 4.02. The van der Waals surface area contributed by atoms with Crippen LogP contribution in [-0.2, 0) is 0 Å². The number of hydrogen-bond acceptors (Lipinski definition) is 5. The van der Waals surface area contributed by atoms with Crippen molar-refractivity contribution in [1.82, 2.24) is 4.57 Å². The highest BCUT2D eigenvalue weighted by molar-refractivity contribution is 7.73. The smallest absolute Gasteiger partial charge is 0.250 e. The minimum atomic E-state index is -0.579. The highest BCUT2D eigenvalue weighted by Crippen LogP contribution is 2.37. The molecule has 0 aliphatic carbocycles. The van der Waals surface area contributed by atoms with Gasteiger partial charge < -0.3 is 10.8 Å². The number of carbonyl (C=O) groups is 1. The molecule has 0 radical (unpaired) electrons.